The van der Waals surface area contributed by atoms with Crippen LogP contribution in [0.1, 0.15) is 37.0 Å². The second kappa shape index (κ2) is 8.36. The summed E-state index contributed by atoms with van der Waals surface area (Å²) < 4.78 is 5.52. The van der Waals surface area contributed by atoms with Crippen molar-refractivity contribution < 1.29 is 9.53 Å². The maximum absolute atomic E-state index is 13.8. The molecule has 5 nitrogen and oxygen atoms in total. The van der Waals surface area contributed by atoms with E-state index in [-0.39, 0.29) is 17.5 Å². The zero-order valence-electron chi connectivity index (χ0n) is 19.2. The van der Waals surface area contributed by atoms with E-state index in [0.717, 1.165) is 68.3 Å². The standard InChI is InChI=1S/C26H32ClN3O2/c1-26(2)16-19-6-4-5-18-7-9-22(25(31)30(26)24(18)19)29-13-11-28(12-14-29)17-20-15-21(27)8-10-23(20)32-3/h4-6,8,10,15,22H,7,9,11-14,16-17H2,1-3H3/t22-/m0/s1. The topological polar surface area (TPSA) is 36.0 Å². The van der Waals surface area contributed by atoms with Crippen LogP contribution in [-0.2, 0) is 24.2 Å². The molecule has 3 heterocycles. The quantitative estimate of drug-likeness (QED) is 0.696. The van der Waals surface area contributed by atoms with Crippen molar-refractivity contribution in [3.05, 3.63) is 58.1 Å². The monoisotopic (exact) mass is 453 g/mol. The molecule has 5 rings (SSSR count). The van der Waals surface area contributed by atoms with Crippen molar-refractivity contribution in [2.75, 3.05) is 38.2 Å². The van der Waals surface area contributed by atoms with Crippen molar-refractivity contribution in [1.82, 2.24) is 9.80 Å². The van der Waals surface area contributed by atoms with Crippen LogP contribution in [0, 0.1) is 0 Å². The summed E-state index contributed by atoms with van der Waals surface area (Å²) in [4.78, 5) is 20.8. The Morgan fingerprint density at radius 3 is 2.59 bits per heavy atom. The number of halogens is 1. The van der Waals surface area contributed by atoms with Crippen molar-refractivity contribution >= 4 is 23.2 Å². The fourth-order valence-electron chi connectivity index (χ4n) is 5.78. The highest BCUT2D eigenvalue weighted by atomic mass is 35.5. The summed E-state index contributed by atoms with van der Waals surface area (Å²) >= 11 is 6.22. The number of rotatable bonds is 4. The van der Waals surface area contributed by atoms with Gasteiger partial charge in [-0.1, -0.05) is 29.8 Å². The molecule has 0 spiro atoms. The average Bonchev–Trinajstić information content (AvgIpc) is 2.94. The number of hydrogen-bond acceptors (Lipinski definition) is 4. The van der Waals surface area contributed by atoms with E-state index in [4.69, 9.17) is 16.3 Å². The lowest BCUT2D eigenvalue weighted by Crippen LogP contribution is -2.58. The van der Waals surface area contributed by atoms with E-state index in [1.54, 1.807) is 7.11 Å². The molecule has 3 aliphatic rings. The highest BCUT2D eigenvalue weighted by Gasteiger charge is 2.46. The molecule has 1 fully saturated rings. The van der Waals surface area contributed by atoms with Gasteiger partial charge in [-0.05, 0) is 62.4 Å². The first-order valence-corrected chi connectivity index (χ1v) is 12.0. The Kier molecular flexibility index (Phi) is 5.68. The summed E-state index contributed by atoms with van der Waals surface area (Å²) in [6.07, 6.45) is 2.79. The molecule has 1 amide bonds. The van der Waals surface area contributed by atoms with Gasteiger partial charge in [0, 0.05) is 48.8 Å². The summed E-state index contributed by atoms with van der Waals surface area (Å²) in [5.74, 6) is 1.16. The van der Waals surface area contributed by atoms with Gasteiger partial charge < -0.3 is 9.64 Å². The van der Waals surface area contributed by atoms with Gasteiger partial charge in [0.25, 0.3) is 0 Å². The smallest absolute Gasteiger partial charge is 0.244 e. The number of amides is 1. The molecule has 0 saturated carbocycles. The third kappa shape index (κ3) is 3.81. The summed E-state index contributed by atoms with van der Waals surface area (Å²) in [7, 11) is 1.70. The van der Waals surface area contributed by atoms with E-state index in [0.29, 0.717) is 0 Å². The number of carbonyl (C=O) groups is 1. The third-order valence-corrected chi connectivity index (χ3v) is 7.57. The van der Waals surface area contributed by atoms with Crippen molar-refractivity contribution in [1.29, 1.82) is 0 Å². The normalized spacial score (nSPS) is 23.2. The number of carbonyl (C=O) groups excluding carboxylic acids is 1. The average molecular weight is 454 g/mol. The Labute approximate surface area is 195 Å². The molecule has 170 valence electrons. The lowest BCUT2D eigenvalue weighted by molar-refractivity contribution is -0.125. The second-order valence-corrected chi connectivity index (χ2v) is 10.3. The Bertz CT molecular complexity index is 1030. The molecule has 0 bridgehead atoms. The molecule has 0 N–H and O–H groups in total. The maximum atomic E-state index is 13.8. The van der Waals surface area contributed by atoms with Gasteiger partial charge in [0.15, 0.2) is 0 Å². The zero-order chi connectivity index (χ0) is 22.5. The molecule has 0 aromatic heterocycles. The maximum Gasteiger partial charge on any atom is 0.244 e. The molecule has 1 saturated heterocycles. The SMILES string of the molecule is COc1ccc(Cl)cc1CN1CCN([C@H]2CCc3cccc4c3N(C2=O)C(C)(C)C4)CC1. The van der Waals surface area contributed by atoms with Crippen LogP contribution in [0.5, 0.6) is 5.75 Å². The number of methoxy groups -OCH3 is 1. The Morgan fingerprint density at radius 1 is 1.09 bits per heavy atom. The summed E-state index contributed by atoms with van der Waals surface area (Å²) in [5, 5.41) is 0.732. The first-order chi connectivity index (χ1) is 15.4. The van der Waals surface area contributed by atoms with E-state index >= 15 is 0 Å². The molecular weight excluding hydrogens is 422 g/mol. The van der Waals surface area contributed by atoms with E-state index < -0.39 is 0 Å². The van der Waals surface area contributed by atoms with Crippen LogP contribution in [0.3, 0.4) is 0 Å². The molecule has 3 aliphatic heterocycles. The molecule has 6 heteroatoms. The number of anilines is 1. The van der Waals surface area contributed by atoms with Gasteiger partial charge in [0.2, 0.25) is 5.91 Å². The van der Waals surface area contributed by atoms with Crippen LogP contribution in [0.2, 0.25) is 5.02 Å². The van der Waals surface area contributed by atoms with E-state index in [9.17, 15) is 4.79 Å². The second-order valence-electron chi connectivity index (χ2n) is 9.91. The van der Waals surface area contributed by atoms with Crippen LogP contribution < -0.4 is 9.64 Å². The lowest BCUT2D eigenvalue weighted by atomic mass is 9.96. The summed E-state index contributed by atoms with van der Waals surface area (Å²) in [5.41, 5.74) is 4.79. The summed E-state index contributed by atoms with van der Waals surface area (Å²) in [6.45, 7) is 8.88. The van der Waals surface area contributed by atoms with Gasteiger partial charge in [-0.25, -0.2) is 0 Å². The van der Waals surface area contributed by atoms with Crippen molar-refractivity contribution in [2.45, 2.75) is 51.2 Å². The number of benzene rings is 2. The largest absolute Gasteiger partial charge is 0.496 e. The Hall–Kier alpha value is -2.08. The minimum atomic E-state index is -0.164. The number of ether oxygens (including phenoxy) is 1. The van der Waals surface area contributed by atoms with Crippen LogP contribution in [0.15, 0.2) is 36.4 Å². The Morgan fingerprint density at radius 2 is 1.84 bits per heavy atom. The fraction of sp³-hybridized carbons (Fsp3) is 0.500. The molecule has 1 atom stereocenters. The van der Waals surface area contributed by atoms with E-state index in [1.807, 2.05) is 18.2 Å². The first-order valence-electron chi connectivity index (χ1n) is 11.6. The minimum absolute atomic E-state index is 0.0459. The molecule has 2 aromatic rings. The molecule has 32 heavy (non-hydrogen) atoms. The number of aryl methyl sites for hydroxylation is 1. The van der Waals surface area contributed by atoms with Crippen LogP contribution >= 0.6 is 11.6 Å². The highest BCUT2D eigenvalue weighted by Crippen LogP contribution is 2.44. The molecule has 0 aliphatic carbocycles. The minimum Gasteiger partial charge on any atom is -0.496 e. The number of para-hydroxylation sites is 1. The molecule has 2 aromatic carbocycles. The predicted octanol–water partition coefficient (Wildman–Crippen LogP) is 4.15. The molecular formula is C26H32ClN3O2. The third-order valence-electron chi connectivity index (χ3n) is 7.33. The first kappa shape index (κ1) is 21.7. The summed E-state index contributed by atoms with van der Waals surface area (Å²) in [6, 6.07) is 12.3. The van der Waals surface area contributed by atoms with Crippen molar-refractivity contribution in [3.8, 4) is 5.75 Å². The van der Waals surface area contributed by atoms with Gasteiger partial charge in [-0.2, -0.15) is 0 Å². The van der Waals surface area contributed by atoms with E-state index in [1.165, 1.54) is 16.8 Å². The van der Waals surface area contributed by atoms with Crippen molar-refractivity contribution in [2.24, 2.45) is 0 Å². The van der Waals surface area contributed by atoms with Crippen LogP contribution in [0.4, 0.5) is 5.69 Å². The van der Waals surface area contributed by atoms with Gasteiger partial charge in [-0.3, -0.25) is 14.6 Å². The Balaban J connectivity index is 1.30. The van der Waals surface area contributed by atoms with E-state index in [2.05, 4.69) is 46.7 Å². The van der Waals surface area contributed by atoms with Gasteiger partial charge in [0.1, 0.15) is 5.75 Å². The molecule has 0 radical (unpaired) electrons. The number of nitrogens with zero attached hydrogens (tertiary/aromatic N) is 3. The lowest BCUT2D eigenvalue weighted by Gasteiger charge is -2.41. The molecule has 0 unspecified atom stereocenters. The highest BCUT2D eigenvalue weighted by molar-refractivity contribution is 6.30. The van der Waals surface area contributed by atoms with Gasteiger partial charge >= 0.3 is 0 Å². The fourth-order valence-corrected chi connectivity index (χ4v) is 5.98. The van der Waals surface area contributed by atoms with Crippen LogP contribution in [0.25, 0.3) is 0 Å². The van der Waals surface area contributed by atoms with Crippen molar-refractivity contribution in [3.63, 3.8) is 0 Å². The van der Waals surface area contributed by atoms with Gasteiger partial charge in [0.05, 0.1) is 18.8 Å². The van der Waals surface area contributed by atoms with Crippen LogP contribution in [-0.4, -0.2) is 60.6 Å². The zero-order valence-corrected chi connectivity index (χ0v) is 20.0. The number of piperazine rings is 1. The number of hydrogen-bond donors (Lipinski definition) is 0. The van der Waals surface area contributed by atoms with Gasteiger partial charge in [-0.15, -0.1) is 0 Å². The predicted molar refractivity (Wildman–Crippen MR) is 129 cm³/mol.